The molecule has 0 spiro atoms. The Morgan fingerprint density at radius 3 is 2.41 bits per heavy atom. The third-order valence-corrected chi connectivity index (χ3v) is 2.54. The molecule has 0 aliphatic heterocycles. The zero-order valence-corrected chi connectivity index (χ0v) is 10.2. The molecule has 2 heterocycles. The average molecular weight is 306 g/mol. The zero-order valence-electron chi connectivity index (χ0n) is 8.66. The van der Waals surface area contributed by atoms with Crippen LogP contribution in [-0.4, -0.2) is 14.5 Å². The molecule has 3 nitrogen and oxygen atoms in total. The number of aromatic nitrogens is 3. The van der Waals surface area contributed by atoms with Crippen molar-refractivity contribution in [1.29, 1.82) is 0 Å². The summed E-state index contributed by atoms with van der Waals surface area (Å²) >= 11 is 3.19. The molecular weight excluding hydrogens is 299 g/mol. The SMILES string of the molecule is Cn1cc(Br)nc1-c1ccc(C(F)(F)F)nc1. The van der Waals surface area contributed by atoms with Crippen LogP contribution >= 0.6 is 15.9 Å². The third kappa shape index (κ3) is 2.49. The molecule has 0 unspecified atom stereocenters. The van der Waals surface area contributed by atoms with E-state index in [0.717, 1.165) is 12.3 Å². The van der Waals surface area contributed by atoms with Gasteiger partial charge in [0.2, 0.25) is 0 Å². The van der Waals surface area contributed by atoms with Gasteiger partial charge in [-0.2, -0.15) is 13.2 Å². The second kappa shape index (κ2) is 4.14. The number of hydrogen-bond donors (Lipinski definition) is 0. The van der Waals surface area contributed by atoms with Gasteiger partial charge in [-0.05, 0) is 28.1 Å². The fourth-order valence-corrected chi connectivity index (χ4v) is 1.87. The monoisotopic (exact) mass is 305 g/mol. The van der Waals surface area contributed by atoms with Gasteiger partial charge in [0.15, 0.2) is 0 Å². The molecule has 0 aliphatic carbocycles. The van der Waals surface area contributed by atoms with Gasteiger partial charge in [-0.15, -0.1) is 0 Å². The molecule has 0 aliphatic rings. The standard InChI is InChI=1S/C10H7BrF3N3/c1-17-5-8(11)16-9(17)6-2-3-7(15-4-6)10(12,13)14/h2-5H,1H3. The van der Waals surface area contributed by atoms with E-state index in [0.29, 0.717) is 16.0 Å². The molecule has 0 saturated heterocycles. The Balaban J connectivity index is 2.39. The van der Waals surface area contributed by atoms with Crippen molar-refractivity contribution in [3.8, 4) is 11.4 Å². The molecule has 7 heteroatoms. The van der Waals surface area contributed by atoms with Gasteiger partial charge in [0, 0.05) is 25.0 Å². The molecule has 2 rings (SSSR count). The van der Waals surface area contributed by atoms with E-state index in [9.17, 15) is 13.2 Å². The Bertz CT molecular complexity index is 531. The van der Waals surface area contributed by atoms with Gasteiger partial charge in [-0.1, -0.05) is 0 Å². The molecule has 0 saturated carbocycles. The second-order valence-corrected chi connectivity index (χ2v) is 4.24. The van der Waals surface area contributed by atoms with Crippen molar-refractivity contribution >= 4 is 15.9 Å². The summed E-state index contributed by atoms with van der Waals surface area (Å²) in [6, 6.07) is 2.29. The summed E-state index contributed by atoms with van der Waals surface area (Å²) in [5, 5.41) is 0. The molecule has 0 bridgehead atoms. The fourth-order valence-electron chi connectivity index (χ4n) is 1.39. The van der Waals surface area contributed by atoms with E-state index in [1.54, 1.807) is 17.8 Å². The Labute approximate surface area is 103 Å². The summed E-state index contributed by atoms with van der Waals surface area (Å²) in [6.45, 7) is 0. The maximum absolute atomic E-state index is 12.3. The number of halogens is 4. The summed E-state index contributed by atoms with van der Waals surface area (Å²) in [6.07, 6.45) is -1.54. The highest BCUT2D eigenvalue weighted by Crippen LogP contribution is 2.28. The van der Waals surface area contributed by atoms with Gasteiger partial charge in [0.25, 0.3) is 0 Å². The smallest absolute Gasteiger partial charge is 0.333 e. The normalized spacial score (nSPS) is 11.8. The van der Waals surface area contributed by atoms with Crippen LogP contribution in [0.3, 0.4) is 0 Å². The first-order valence-electron chi connectivity index (χ1n) is 4.60. The van der Waals surface area contributed by atoms with E-state index < -0.39 is 11.9 Å². The lowest BCUT2D eigenvalue weighted by atomic mass is 10.2. The van der Waals surface area contributed by atoms with Gasteiger partial charge >= 0.3 is 6.18 Å². The molecule has 0 amide bonds. The lowest BCUT2D eigenvalue weighted by Gasteiger charge is -2.06. The fraction of sp³-hybridized carbons (Fsp3) is 0.200. The highest BCUT2D eigenvalue weighted by atomic mass is 79.9. The van der Waals surface area contributed by atoms with Crippen molar-refractivity contribution in [2.45, 2.75) is 6.18 Å². The van der Waals surface area contributed by atoms with Gasteiger partial charge in [-0.25, -0.2) is 4.98 Å². The first-order valence-corrected chi connectivity index (χ1v) is 5.39. The average Bonchev–Trinajstić information content (AvgIpc) is 2.57. The van der Waals surface area contributed by atoms with Crippen LogP contribution in [0, 0.1) is 0 Å². The van der Waals surface area contributed by atoms with Crippen molar-refractivity contribution in [2.75, 3.05) is 0 Å². The molecule has 0 radical (unpaired) electrons. The number of nitrogens with zero attached hydrogens (tertiary/aromatic N) is 3. The second-order valence-electron chi connectivity index (χ2n) is 3.43. The van der Waals surface area contributed by atoms with E-state index in [-0.39, 0.29) is 0 Å². The number of aryl methyl sites for hydroxylation is 1. The largest absolute Gasteiger partial charge is 0.433 e. The van der Waals surface area contributed by atoms with Crippen LogP contribution in [0.5, 0.6) is 0 Å². The van der Waals surface area contributed by atoms with Crippen molar-refractivity contribution in [3.05, 3.63) is 34.8 Å². The highest BCUT2D eigenvalue weighted by molar-refractivity contribution is 9.10. The third-order valence-electron chi connectivity index (χ3n) is 2.16. The number of imidazole rings is 1. The first-order chi connectivity index (χ1) is 7.88. The zero-order chi connectivity index (χ0) is 12.6. The predicted octanol–water partition coefficient (Wildman–Crippen LogP) is 3.26. The maximum Gasteiger partial charge on any atom is 0.433 e. The van der Waals surface area contributed by atoms with E-state index >= 15 is 0 Å². The lowest BCUT2D eigenvalue weighted by Crippen LogP contribution is -2.07. The van der Waals surface area contributed by atoms with E-state index in [1.807, 2.05) is 0 Å². The van der Waals surface area contributed by atoms with Crippen molar-refractivity contribution in [3.63, 3.8) is 0 Å². The number of rotatable bonds is 1. The van der Waals surface area contributed by atoms with Crippen LogP contribution in [0.15, 0.2) is 29.1 Å². The molecule has 17 heavy (non-hydrogen) atoms. The topological polar surface area (TPSA) is 30.7 Å². The molecule has 0 fully saturated rings. The minimum absolute atomic E-state index is 0.534. The molecule has 0 atom stereocenters. The number of hydrogen-bond acceptors (Lipinski definition) is 2. The molecule has 0 N–H and O–H groups in total. The summed E-state index contributed by atoms with van der Waals surface area (Å²) in [7, 11) is 1.75. The summed E-state index contributed by atoms with van der Waals surface area (Å²) in [5.41, 5.74) is -0.374. The Kier molecular flexibility index (Phi) is 2.94. The Hall–Kier alpha value is -1.37. The van der Waals surface area contributed by atoms with Crippen LogP contribution in [0.2, 0.25) is 0 Å². The van der Waals surface area contributed by atoms with Crippen molar-refractivity contribution < 1.29 is 13.2 Å². The van der Waals surface area contributed by atoms with E-state index in [2.05, 4.69) is 25.9 Å². The maximum atomic E-state index is 12.3. The summed E-state index contributed by atoms with van der Waals surface area (Å²) < 4.78 is 39.3. The summed E-state index contributed by atoms with van der Waals surface area (Å²) in [4.78, 5) is 7.51. The van der Waals surface area contributed by atoms with E-state index in [4.69, 9.17) is 0 Å². The first kappa shape index (κ1) is 12.1. The number of alkyl halides is 3. The van der Waals surface area contributed by atoms with Gasteiger partial charge in [-0.3, -0.25) is 4.98 Å². The molecule has 90 valence electrons. The van der Waals surface area contributed by atoms with Crippen LogP contribution in [0.4, 0.5) is 13.2 Å². The lowest BCUT2D eigenvalue weighted by molar-refractivity contribution is -0.141. The van der Waals surface area contributed by atoms with Crippen LogP contribution in [-0.2, 0) is 13.2 Å². The molecule has 0 aromatic carbocycles. The van der Waals surface area contributed by atoms with Crippen LogP contribution < -0.4 is 0 Å². The molecular formula is C10H7BrF3N3. The summed E-state index contributed by atoms with van der Waals surface area (Å²) in [5.74, 6) is 0.554. The Morgan fingerprint density at radius 1 is 1.29 bits per heavy atom. The molecule has 2 aromatic rings. The number of pyridine rings is 1. The predicted molar refractivity (Wildman–Crippen MR) is 59.1 cm³/mol. The van der Waals surface area contributed by atoms with Gasteiger partial charge in [0.05, 0.1) is 0 Å². The highest BCUT2D eigenvalue weighted by Gasteiger charge is 2.32. The molecule has 2 aromatic heterocycles. The van der Waals surface area contributed by atoms with Crippen molar-refractivity contribution in [1.82, 2.24) is 14.5 Å². The van der Waals surface area contributed by atoms with Gasteiger partial charge in [0.1, 0.15) is 16.1 Å². The quantitative estimate of drug-likeness (QED) is 0.809. The minimum atomic E-state index is -4.42. The van der Waals surface area contributed by atoms with Crippen molar-refractivity contribution in [2.24, 2.45) is 7.05 Å². The van der Waals surface area contributed by atoms with E-state index in [1.165, 1.54) is 6.07 Å². The van der Waals surface area contributed by atoms with Gasteiger partial charge < -0.3 is 4.57 Å². The van der Waals surface area contributed by atoms with Crippen LogP contribution in [0.25, 0.3) is 11.4 Å². The van der Waals surface area contributed by atoms with Crippen LogP contribution in [0.1, 0.15) is 5.69 Å². The minimum Gasteiger partial charge on any atom is -0.333 e. The Morgan fingerprint density at radius 2 is 2.00 bits per heavy atom.